The van der Waals surface area contributed by atoms with Crippen LogP contribution in [0.3, 0.4) is 0 Å². The Hall–Kier alpha value is -5.48. The molecule has 0 spiro atoms. The predicted octanol–water partition coefficient (Wildman–Crippen LogP) is 2.12. The Morgan fingerprint density at radius 2 is 1.85 bits per heavy atom. The number of fused-ring (bicyclic) bond motifs is 1. The monoisotopic (exact) mass is 646 g/mol. The number of hydrogen-bond acceptors (Lipinski definition) is 12. The van der Waals surface area contributed by atoms with Gasteiger partial charge in [-0.15, -0.1) is 0 Å². The minimum Gasteiger partial charge on any atom is -0.497 e. The van der Waals surface area contributed by atoms with Crippen molar-refractivity contribution in [2.45, 2.75) is 43.5 Å². The van der Waals surface area contributed by atoms with Crippen molar-refractivity contribution < 1.29 is 34.0 Å². The fourth-order valence-corrected chi connectivity index (χ4v) is 5.17. The van der Waals surface area contributed by atoms with Crippen LogP contribution in [-0.4, -0.2) is 93.8 Å². The van der Waals surface area contributed by atoms with E-state index in [-0.39, 0.29) is 13.0 Å². The number of alkyl carbamates (subject to hydrolysis) is 1. The number of aliphatic hydroxyl groups is 2. The minimum atomic E-state index is -1.33. The number of rotatable bonds is 12. The molecular formula is C30H34N10O7. The van der Waals surface area contributed by atoms with E-state index in [2.05, 4.69) is 35.6 Å². The second kappa shape index (κ2) is 14.7. The maximum absolute atomic E-state index is 13.7. The van der Waals surface area contributed by atoms with Crippen LogP contribution >= 0.6 is 0 Å². The fraction of sp³-hybridized carbons (Fsp3) is 0.367. The maximum Gasteiger partial charge on any atom is 0.408 e. The number of aromatic nitrogens is 4. The van der Waals surface area contributed by atoms with Crippen LogP contribution in [0.25, 0.3) is 21.6 Å². The quantitative estimate of drug-likeness (QED) is 0.0991. The Balaban J connectivity index is 1.32. The van der Waals surface area contributed by atoms with Gasteiger partial charge in [-0.3, -0.25) is 9.36 Å². The Bertz CT molecular complexity index is 1740. The molecule has 5 atom stereocenters. The van der Waals surface area contributed by atoms with Crippen molar-refractivity contribution in [1.29, 1.82) is 0 Å². The third-order valence-electron chi connectivity index (χ3n) is 7.57. The van der Waals surface area contributed by atoms with E-state index in [4.69, 9.17) is 19.7 Å². The summed E-state index contributed by atoms with van der Waals surface area (Å²) in [6.45, 7) is -0.624. The van der Waals surface area contributed by atoms with Gasteiger partial charge in [-0.05, 0) is 28.8 Å². The molecule has 3 heterocycles. The van der Waals surface area contributed by atoms with Gasteiger partial charge in [0.05, 0.1) is 26.1 Å². The molecule has 1 fully saturated rings. The normalized spacial score (nSPS) is 19.4. The van der Waals surface area contributed by atoms with Gasteiger partial charge in [0, 0.05) is 31.1 Å². The van der Waals surface area contributed by atoms with Crippen LogP contribution in [0, 0.1) is 0 Å². The van der Waals surface area contributed by atoms with E-state index in [0.717, 1.165) is 0 Å². The highest BCUT2D eigenvalue weighted by molar-refractivity contribution is 5.86. The van der Waals surface area contributed by atoms with Crippen LogP contribution in [0.1, 0.15) is 17.4 Å². The number of aliphatic hydroxyl groups excluding tert-OH is 2. The lowest BCUT2D eigenvalue weighted by Gasteiger charge is -2.25. The van der Waals surface area contributed by atoms with Crippen LogP contribution in [0.5, 0.6) is 5.75 Å². The lowest BCUT2D eigenvalue weighted by molar-refractivity contribution is -0.124. The van der Waals surface area contributed by atoms with E-state index in [1.807, 2.05) is 14.1 Å². The number of carbonyl (C=O) groups excluding carboxylic acids is 2. The number of ether oxygens (including phenoxy) is 3. The summed E-state index contributed by atoms with van der Waals surface area (Å²) in [5.41, 5.74) is 11.2. The van der Waals surface area contributed by atoms with Crippen LogP contribution in [0.4, 0.5) is 16.3 Å². The van der Waals surface area contributed by atoms with Crippen LogP contribution in [-0.2, 0) is 27.3 Å². The number of amides is 2. The van der Waals surface area contributed by atoms with Gasteiger partial charge in [0.2, 0.25) is 5.91 Å². The molecule has 1 aliphatic rings. The van der Waals surface area contributed by atoms with Gasteiger partial charge in [-0.1, -0.05) is 41.5 Å². The van der Waals surface area contributed by atoms with E-state index >= 15 is 0 Å². The number of nitrogens with one attached hydrogen (secondary N) is 2. The number of imidazole rings is 1. The molecule has 0 aliphatic carbocycles. The molecule has 246 valence electrons. The first-order valence-corrected chi connectivity index (χ1v) is 14.5. The van der Waals surface area contributed by atoms with Gasteiger partial charge >= 0.3 is 6.09 Å². The van der Waals surface area contributed by atoms with E-state index in [1.54, 1.807) is 53.4 Å². The van der Waals surface area contributed by atoms with E-state index in [1.165, 1.54) is 24.3 Å². The molecule has 2 amide bonds. The molecule has 2 aromatic heterocycles. The Morgan fingerprint density at radius 1 is 1.13 bits per heavy atom. The molecule has 0 radical (unpaired) electrons. The molecule has 4 aromatic rings. The minimum absolute atomic E-state index is 0.0685. The number of anilines is 1. The molecule has 17 heteroatoms. The second-order valence-corrected chi connectivity index (χ2v) is 10.9. The molecule has 0 bridgehead atoms. The number of azide groups is 1. The third kappa shape index (κ3) is 7.50. The van der Waals surface area contributed by atoms with E-state index < -0.39 is 49.1 Å². The number of hydrogen-bond donors (Lipinski definition) is 4. The van der Waals surface area contributed by atoms with Crippen LogP contribution in [0.15, 0.2) is 66.3 Å². The highest BCUT2D eigenvalue weighted by Crippen LogP contribution is 2.32. The third-order valence-corrected chi connectivity index (χ3v) is 7.57. The molecule has 47 heavy (non-hydrogen) atoms. The summed E-state index contributed by atoms with van der Waals surface area (Å²) in [5, 5.41) is 30.4. The first-order chi connectivity index (χ1) is 22.7. The van der Waals surface area contributed by atoms with Gasteiger partial charge in [0.25, 0.3) is 0 Å². The first-order valence-electron chi connectivity index (χ1n) is 14.5. The highest BCUT2D eigenvalue weighted by Gasteiger charge is 2.46. The predicted molar refractivity (Wildman–Crippen MR) is 168 cm³/mol. The van der Waals surface area contributed by atoms with Crippen molar-refractivity contribution >= 4 is 34.7 Å². The zero-order valence-electron chi connectivity index (χ0n) is 25.8. The molecule has 0 saturated carbocycles. The summed E-state index contributed by atoms with van der Waals surface area (Å²) in [7, 11) is 5.16. The lowest BCUT2D eigenvalue weighted by atomic mass is 10.0. The van der Waals surface area contributed by atoms with Gasteiger partial charge in [0.1, 0.15) is 36.9 Å². The molecule has 1 saturated heterocycles. The smallest absolute Gasteiger partial charge is 0.408 e. The largest absolute Gasteiger partial charge is 0.497 e. The van der Waals surface area contributed by atoms with Gasteiger partial charge < -0.3 is 40.0 Å². The summed E-state index contributed by atoms with van der Waals surface area (Å²) in [6.07, 6.45) is -1.34. The maximum atomic E-state index is 13.7. The van der Waals surface area contributed by atoms with Crippen molar-refractivity contribution in [3.63, 3.8) is 0 Å². The Kier molecular flexibility index (Phi) is 10.3. The number of nitrogens with zero attached hydrogens (tertiary/aromatic N) is 8. The highest BCUT2D eigenvalue weighted by atomic mass is 16.6. The van der Waals surface area contributed by atoms with E-state index in [0.29, 0.717) is 39.5 Å². The number of benzene rings is 2. The van der Waals surface area contributed by atoms with Crippen molar-refractivity contribution in [2.24, 2.45) is 5.11 Å². The van der Waals surface area contributed by atoms with Crippen molar-refractivity contribution in [3.05, 3.63) is 82.8 Å². The standard InChI is InChI=1S/C30H34N10O7/c1-39(2)26-24-27(33-15-32-26)40(16-34-24)29-25(42)23(22(13-41)47-29)36-28(43)21(12-17-6-10-20(45-3)11-7-17)35-30(44)46-14-18-4-8-19(9-5-18)37-38-31/h4-11,15-16,21-23,25,29,41-42H,12-14H2,1-3H3,(H,35,44)(H,36,43)/t21-,22+,23+,25+,29+/m0/s1. The van der Waals surface area contributed by atoms with Crippen molar-refractivity contribution in [3.8, 4) is 5.75 Å². The molecular weight excluding hydrogens is 612 g/mol. The summed E-state index contributed by atoms with van der Waals surface area (Å²) >= 11 is 0. The zero-order chi connectivity index (χ0) is 33.5. The molecule has 5 rings (SSSR count). The molecule has 0 unspecified atom stereocenters. The summed E-state index contributed by atoms with van der Waals surface area (Å²) < 4.78 is 18.1. The second-order valence-electron chi connectivity index (χ2n) is 10.9. The SMILES string of the molecule is COc1ccc(C[C@H](NC(=O)OCc2ccc(N=[N+]=[N-])cc2)C(=O)N[C@H]2[C@@H](O)[C@H](n3cnc4c(N(C)C)ncnc43)O[C@@H]2CO)cc1. The van der Waals surface area contributed by atoms with Gasteiger partial charge in [0.15, 0.2) is 23.2 Å². The molecule has 1 aliphatic heterocycles. The Labute approximate surface area is 268 Å². The zero-order valence-corrected chi connectivity index (χ0v) is 25.8. The molecule has 4 N–H and O–H groups in total. The van der Waals surface area contributed by atoms with Crippen molar-refractivity contribution in [1.82, 2.24) is 30.2 Å². The average molecular weight is 647 g/mol. The fourth-order valence-electron chi connectivity index (χ4n) is 5.17. The average Bonchev–Trinajstić information content (AvgIpc) is 3.64. The van der Waals surface area contributed by atoms with Gasteiger partial charge in [-0.25, -0.2) is 19.7 Å². The Morgan fingerprint density at radius 3 is 2.51 bits per heavy atom. The van der Waals surface area contributed by atoms with Crippen molar-refractivity contribution in [2.75, 3.05) is 32.7 Å². The summed E-state index contributed by atoms with van der Waals surface area (Å²) in [6, 6.07) is 11.2. The number of methoxy groups -OCH3 is 1. The lowest BCUT2D eigenvalue weighted by Crippen LogP contribution is -2.55. The first kappa shape index (κ1) is 32.9. The van der Waals surface area contributed by atoms with E-state index in [9.17, 15) is 19.8 Å². The summed E-state index contributed by atoms with van der Waals surface area (Å²) in [5.74, 6) is 0.539. The molecule has 2 aromatic carbocycles. The topological polar surface area (TPSA) is 222 Å². The molecule has 17 nitrogen and oxygen atoms in total. The number of carbonyl (C=O) groups is 2. The van der Waals surface area contributed by atoms with Crippen LogP contribution < -0.4 is 20.3 Å². The van der Waals surface area contributed by atoms with Gasteiger partial charge in [-0.2, -0.15) is 0 Å². The van der Waals surface area contributed by atoms with Crippen LogP contribution in [0.2, 0.25) is 0 Å². The summed E-state index contributed by atoms with van der Waals surface area (Å²) in [4.78, 5) is 44.1.